The second kappa shape index (κ2) is 7.67. The van der Waals surface area contributed by atoms with Crippen LogP contribution in [0.3, 0.4) is 0 Å². The third-order valence-corrected chi connectivity index (χ3v) is 6.03. The van der Waals surface area contributed by atoms with Crippen molar-refractivity contribution < 1.29 is 14.3 Å². The highest BCUT2D eigenvalue weighted by atomic mass is 32.1. The molecule has 154 valence electrons. The highest BCUT2D eigenvalue weighted by Crippen LogP contribution is 2.34. The maximum atomic E-state index is 12.8. The number of thiazole rings is 1. The third-order valence-electron chi connectivity index (χ3n) is 4.93. The Labute approximate surface area is 174 Å². The van der Waals surface area contributed by atoms with Crippen LogP contribution in [0.25, 0.3) is 0 Å². The van der Waals surface area contributed by atoms with E-state index >= 15 is 0 Å². The van der Waals surface area contributed by atoms with Crippen molar-refractivity contribution in [2.24, 2.45) is 0 Å². The number of ether oxygens (including phenoxy) is 1. The van der Waals surface area contributed by atoms with Crippen molar-refractivity contribution in [3.05, 3.63) is 46.5 Å². The van der Waals surface area contributed by atoms with Crippen molar-refractivity contribution >= 4 is 28.5 Å². The molecule has 2 aliphatic rings. The number of piperazine rings is 1. The first-order valence-corrected chi connectivity index (χ1v) is 10.7. The van der Waals surface area contributed by atoms with Crippen LogP contribution in [0, 0.1) is 0 Å². The monoisotopic (exact) mass is 414 g/mol. The lowest BCUT2D eigenvalue weighted by atomic mass is 10.2. The number of amides is 2. The molecule has 0 N–H and O–H groups in total. The molecule has 4 rings (SSSR count). The predicted octanol–water partition coefficient (Wildman–Crippen LogP) is 3.36. The van der Waals surface area contributed by atoms with E-state index < -0.39 is 5.60 Å². The van der Waals surface area contributed by atoms with E-state index in [0.717, 1.165) is 15.6 Å². The first kappa shape index (κ1) is 19.7. The molecule has 29 heavy (non-hydrogen) atoms. The van der Waals surface area contributed by atoms with Crippen LogP contribution in [0.2, 0.25) is 0 Å². The van der Waals surface area contributed by atoms with Crippen molar-refractivity contribution in [2.75, 3.05) is 31.1 Å². The molecule has 0 unspecified atom stereocenters. The van der Waals surface area contributed by atoms with Crippen molar-refractivity contribution in [1.82, 2.24) is 14.8 Å². The van der Waals surface area contributed by atoms with Crippen LogP contribution < -0.4 is 4.90 Å². The lowest BCUT2D eigenvalue weighted by Gasteiger charge is -2.35. The molecule has 2 aliphatic heterocycles. The van der Waals surface area contributed by atoms with Crippen molar-refractivity contribution in [2.45, 2.75) is 39.5 Å². The molecule has 0 bridgehead atoms. The minimum absolute atomic E-state index is 0.00116. The van der Waals surface area contributed by atoms with Crippen molar-refractivity contribution in [1.29, 1.82) is 0 Å². The Bertz CT molecular complexity index is 898. The first-order valence-electron chi connectivity index (χ1n) is 9.86. The van der Waals surface area contributed by atoms with Gasteiger partial charge in [-0.2, -0.15) is 0 Å². The van der Waals surface area contributed by atoms with Gasteiger partial charge in [-0.25, -0.2) is 9.78 Å². The predicted molar refractivity (Wildman–Crippen MR) is 112 cm³/mol. The van der Waals surface area contributed by atoms with Crippen LogP contribution in [-0.4, -0.2) is 58.6 Å². The fourth-order valence-electron chi connectivity index (χ4n) is 3.48. The normalized spacial score (nSPS) is 16.9. The first-order chi connectivity index (χ1) is 13.8. The van der Waals surface area contributed by atoms with Crippen LogP contribution in [-0.2, 0) is 17.8 Å². The quantitative estimate of drug-likeness (QED) is 0.771. The van der Waals surface area contributed by atoms with Gasteiger partial charge in [0.15, 0.2) is 5.13 Å². The summed E-state index contributed by atoms with van der Waals surface area (Å²) in [4.78, 5) is 36.4. The van der Waals surface area contributed by atoms with Crippen molar-refractivity contribution in [3.8, 4) is 0 Å². The van der Waals surface area contributed by atoms with Crippen molar-refractivity contribution in [3.63, 3.8) is 0 Å². The van der Waals surface area contributed by atoms with Crippen LogP contribution in [0.5, 0.6) is 0 Å². The average molecular weight is 415 g/mol. The zero-order valence-electron chi connectivity index (χ0n) is 17.1. The van der Waals surface area contributed by atoms with Crippen LogP contribution in [0.1, 0.15) is 41.7 Å². The molecule has 0 aliphatic carbocycles. The molecule has 3 heterocycles. The molecule has 1 fully saturated rings. The van der Waals surface area contributed by atoms with Crippen LogP contribution in [0.4, 0.5) is 9.93 Å². The zero-order chi connectivity index (χ0) is 20.6. The number of carbonyl (C=O) groups is 2. The molecule has 0 spiro atoms. The second-order valence-electron chi connectivity index (χ2n) is 8.37. The Morgan fingerprint density at radius 1 is 1.14 bits per heavy atom. The van der Waals surface area contributed by atoms with E-state index in [-0.39, 0.29) is 12.0 Å². The molecule has 2 aromatic rings. The molecule has 1 aromatic carbocycles. The molecule has 1 aromatic heterocycles. The van der Waals surface area contributed by atoms with E-state index in [1.54, 1.807) is 16.2 Å². The van der Waals surface area contributed by atoms with Gasteiger partial charge < -0.3 is 19.4 Å². The summed E-state index contributed by atoms with van der Waals surface area (Å²) in [5, 5.41) is 0.867. The molecule has 0 radical (unpaired) electrons. The van der Waals surface area contributed by atoms with Gasteiger partial charge in [0.2, 0.25) is 0 Å². The summed E-state index contributed by atoms with van der Waals surface area (Å²) in [6, 6.07) is 10.0. The summed E-state index contributed by atoms with van der Waals surface area (Å²) in [5.41, 5.74) is 1.21. The van der Waals surface area contributed by atoms with Gasteiger partial charge in [-0.05, 0) is 26.3 Å². The molecular formula is C21H26N4O3S. The minimum Gasteiger partial charge on any atom is -0.444 e. The second-order valence-corrected chi connectivity index (χ2v) is 9.43. The fraction of sp³-hybridized carbons (Fsp3) is 0.476. The smallest absolute Gasteiger partial charge is 0.410 e. The largest absolute Gasteiger partial charge is 0.444 e. The number of hydrogen-bond acceptors (Lipinski definition) is 6. The SMILES string of the molecule is CC(C)(C)OC(=O)N1CCN(c2nc3c(s2)CN(Cc2ccccc2)C3=O)CC1. The molecule has 0 saturated carbocycles. The van der Waals surface area contributed by atoms with Crippen LogP contribution in [0.15, 0.2) is 30.3 Å². The highest BCUT2D eigenvalue weighted by Gasteiger charge is 2.34. The number of fused-ring (bicyclic) bond motifs is 1. The number of carbonyl (C=O) groups excluding carboxylic acids is 2. The molecular weight excluding hydrogens is 388 g/mol. The molecule has 1 saturated heterocycles. The van der Waals surface area contributed by atoms with E-state index in [2.05, 4.69) is 9.88 Å². The lowest BCUT2D eigenvalue weighted by molar-refractivity contribution is 0.0240. The Morgan fingerprint density at radius 2 is 1.83 bits per heavy atom. The standard InChI is InChI=1S/C21H26N4O3S/c1-21(2,3)28-20(27)24-11-9-23(10-12-24)19-22-17-16(29-19)14-25(18(17)26)13-15-7-5-4-6-8-15/h4-8H,9-14H2,1-3H3. The summed E-state index contributed by atoms with van der Waals surface area (Å²) >= 11 is 1.58. The summed E-state index contributed by atoms with van der Waals surface area (Å²) in [6.07, 6.45) is -0.273. The molecule has 7 nitrogen and oxygen atoms in total. The minimum atomic E-state index is -0.490. The van der Waals surface area contributed by atoms with Gasteiger partial charge >= 0.3 is 6.09 Å². The van der Waals surface area contributed by atoms with Gasteiger partial charge in [0.1, 0.15) is 11.3 Å². The van der Waals surface area contributed by atoms with E-state index in [9.17, 15) is 9.59 Å². The Hall–Kier alpha value is -2.61. The van der Waals surface area contributed by atoms with Gasteiger partial charge in [-0.1, -0.05) is 41.7 Å². The van der Waals surface area contributed by atoms with Gasteiger partial charge in [0, 0.05) is 32.7 Å². The van der Waals surface area contributed by atoms with Gasteiger partial charge in [0.25, 0.3) is 5.91 Å². The summed E-state index contributed by atoms with van der Waals surface area (Å²) in [5.74, 6) is -0.00116. The highest BCUT2D eigenvalue weighted by molar-refractivity contribution is 7.16. The van der Waals surface area contributed by atoms with Gasteiger partial charge in [-0.15, -0.1) is 0 Å². The molecule has 2 amide bonds. The summed E-state index contributed by atoms with van der Waals surface area (Å²) < 4.78 is 5.45. The van der Waals surface area contributed by atoms with Gasteiger partial charge in [0.05, 0.1) is 11.4 Å². The number of nitrogens with zero attached hydrogens (tertiary/aromatic N) is 4. The fourth-order valence-corrected chi connectivity index (χ4v) is 4.60. The van der Waals surface area contributed by atoms with E-state index in [1.165, 1.54) is 0 Å². The Morgan fingerprint density at radius 3 is 2.45 bits per heavy atom. The Kier molecular flexibility index (Phi) is 5.21. The number of aromatic nitrogens is 1. The summed E-state index contributed by atoms with van der Waals surface area (Å²) in [7, 11) is 0. The topological polar surface area (TPSA) is 66.0 Å². The third kappa shape index (κ3) is 4.37. The number of hydrogen-bond donors (Lipinski definition) is 0. The van der Waals surface area contributed by atoms with E-state index in [0.29, 0.717) is 45.0 Å². The van der Waals surface area contributed by atoms with E-state index in [4.69, 9.17) is 4.74 Å². The average Bonchev–Trinajstić information content (AvgIpc) is 3.21. The van der Waals surface area contributed by atoms with Gasteiger partial charge in [-0.3, -0.25) is 4.79 Å². The molecule has 8 heteroatoms. The Balaban J connectivity index is 1.35. The van der Waals surface area contributed by atoms with E-state index in [1.807, 2.05) is 56.0 Å². The maximum absolute atomic E-state index is 12.8. The number of benzene rings is 1. The zero-order valence-corrected chi connectivity index (χ0v) is 17.9. The van der Waals surface area contributed by atoms with Crippen LogP contribution >= 0.6 is 11.3 Å². The number of anilines is 1. The number of rotatable bonds is 3. The summed E-state index contributed by atoms with van der Waals surface area (Å²) in [6.45, 7) is 9.38. The maximum Gasteiger partial charge on any atom is 0.410 e. The lowest BCUT2D eigenvalue weighted by Crippen LogP contribution is -2.50. The molecule has 0 atom stereocenters.